The molecule has 0 aromatic heterocycles. The Morgan fingerprint density at radius 1 is 1.75 bits per heavy atom. The van der Waals surface area contributed by atoms with Crippen LogP contribution in [-0.2, 0) is 9.09 Å². The van der Waals surface area contributed by atoms with Crippen molar-refractivity contribution in [2.24, 2.45) is 0 Å². The second kappa shape index (κ2) is 3.17. The molecule has 0 amide bonds. The number of phosphoric ester groups is 1. The van der Waals surface area contributed by atoms with Gasteiger partial charge < -0.3 is 14.9 Å². The van der Waals surface area contributed by atoms with Crippen LogP contribution in [0.4, 0.5) is 0 Å². The first-order valence-electron chi connectivity index (χ1n) is 3.44. The van der Waals surface area contributed by atoms with E-state index >= 15 is 0 Å². The molecule has 0 unspecified atom stereocenters. The van der Waals surface area contributed by atoms with E-state index in [0.717, 1.165) is 0 Å². The van der Waals surface area contributed by atoms with E-state index < -0.39 is 20.9 Å². The van der Waals surface area contributed by atoms with Crippen molar-refractivity contribution in [2.45, 2.75) is 0 Å². The Kier molecular flexibility index (Phi) is 1.30. The van der Waals surface area contributed by atoms with Crippen LogP contribution in [0, 0.1) is 0 Å². The zero-order valence-corrected chi connectivity index (χ0v) is 4.50. The van der Waals surface area contributed by atoms with E-state index in [2.05, 4.69) is 4.52 Å². The fraction of sp³-hybridized carbons (Fsp3) is 1.00. The van der Waals surface area contributed by atoms with Gasteiger partial charge >= 0.3 is 7.82 Å². The smallest absolute Gasteiger partial charge is 0.394 e. The lowest BCUT2D eigenvalue weighted by Gasteiger charge is -2.00. The van der Waals surface area contributed by atoms with Crippen molar-refractivity contribution in [3.05, 3.63) is 0 Å². The minimum absolute atomic E-state index is 3.36. The highest BCUT2D eigenvalue weighted by Crippen LogP contribution is 2.34. The number of phosphoric acid groups is 1. The SMILES string of the molecule is [2H]C([2H])(O)C([2H])([2H])OP(=O)(O)O. The van der Waals surface area contributed by atoms with Crippen LogP contribution in [0.5, 0.6) is 0 Å². The van der Waals surface area contributed by atoms with E-state index in [1.54, 1.807) is 0 Å². The number of hydrogen-bond donors (Lipinski definition) is 3. The number of aliphatic hydroxyl groups is 1. The molecule has 3 N–H and O–H groups in total. The summed E-state index contributed by atoms with van der Waals surface area (Å²) in [5.74, 6) is 0. The van der Waals surface area contributed by atoms with Gasteiger partial charge in [0.05, 0.1) is 18.6 Å². The summed E-state index contributed by atoms with van der Waals surface area (Å²) in [4.78, 5) is 16.2. The van der Waals surface area contributed by atoms with Crippen molar-refractivity contribution in [1.29, 1.82) is 0 Å². The van der Waals surface area contributed by atoms with Gasteiger partial charge in [-0.05, 0) is 0 Å². The van der Waals surface area contributed by atoms with Gasteiger partial charge in [0.1, 0.15) is 0 Å². The maximum atomic E-state index is 10.0. The average molecular weight is 146 g/mol. The van der Waals surface area contributed by atoms with E-state index in [4.69, 9.17) is 20.4 Å². The molecule has 0 spiro atoms. The summed E-state index contributed by atoms with van der Waals surface area (Å²) >= 11 is 0. The van der Waals surface area contributed by atoms with Crippen LogP contribution in [-0.4, -0.2) is 28.0 Å². The van der Waals surface area contributed by atoms with Gasteiger partial charge in [-0.25, -0.2) is 4.57 Å². The molecule has 0 aliphatic carbocycles. The fourth-order valence-electron chi connectivity index (χ4n) is 0.0799. The van der Waals surface area contributed by atoms with E-state index in [1.165, 1.54) is 0 Å². The highest BCUT2D eigenvalue weighted by Gasteiger charge is 2.11. The molecule has 6 heteroatoms. The lowest BCUT2D eigenvalue weighted by molar-refractivity contribution is 0.151. The Labute approximate surface area is 51.8 Å². The highest BCUT2D eigenvalue weighted by molar-refractivity contribution is 7.46. The van der Waals surface area contributed by atoms with E-state index in [0.29, 0.717) is 0 Å². The third-order valence-electron chi connectivity index (χ3n) is 0.210. The van der Waals surface area contributed by atoms with Crippen LogP contribution in [0.3, 0.4) is 0 Å². The summed E-state index contributed by atoms with van der Waals surface area (Å²) in [6.45, 7) is -6.93. The topological polar surface area (TPSA) is 87.0 Å². The molecule has 0 aromatic carbocycles. The standard InChI is InChI=1S/C2H7O5P/c3-1-2-7-8(4,5)6/h3H,1-2H2,(H2,4,5,6)/i1D2,2D2. The minimum atomic E-state index is -5.16. The average Bonchev–Trinajstić information content (AvgIpc) is 1.52. The Balaban J connectivity index is 4.56. The molecule has 0 fully saturated rings. The summed E-state index contributed by atoms with van der Waals surface area (Å²) in [5.41, 5.74) is 0. The zero-order valence-electron chi connectivity index (χ0n) is 7.61. The third kappa shape index (κ3) is 6.07. The predicted molar refractivity (Wildman–Crippen MR) is 25.1 cm³/mol. The fourth-order valence-corrected chi connectivity index (χ4v) is 0.240. The molecule has 0 radical (unpaired) electrons. The van der Waals surface area contributed by atoms with Crippen molar-refractivity contribution < 1.29 is 29.5 Å². The van der Waals surface area contributed by atoms with Crippen molar-refractivity contribution in [2.75, 3.05) is 13.1 Å². The van der Waals surface area contributed by atoms with Gasteiger partial charge in [0, 0.05) is 0 Å². The van der Waals surface area contributed by atoms with Gasteiger partial charge in [0.2, 0.25) is 0 Å². The third-order valence-corrected chi connectivity index (χ3v) is 0.539. The Morgan fingerprint density at radius 3 is 2.38 bits per heavy atom. The summed E-state index contributed by atoms with van der Waals surface area (Å²) in [6.07, 6.45) is 0. The summed E-state index contributed by atoms with van der Waals surface area (Å²) in [5, 5.41) is 8.40. The van der Waals surface area contributed by atoms with E-state index in [1.807, 2.05) is 0 Å². The molecule has 5 nitrogen and oxygen atoms in total. The van der Waals surface area contributed by atoms with Gasteiger partial charge in [0.15, 0.2) is 0 Å². The molecule has 0 saturated carbocycles. The monoisotopic (exact) mass is 146 g/mol. The molecule has 0 aromatic rings. The first-order valence-corrected chi connectivity index (χ1v) is 2.97. The largest absolute Gasteiger partial charge is 0.469 e. The van der Waals surface area contributed by atoms with Crippen LogP contribution < -0.4 is 0 Å². The molecule has 0 aliphatic rings. The second-order valence-corrected chi connectivity index (χ2v) is 1.96. The Bertz CT molecular complexity index is 204. The van der Waals surface area contributed by atoms with Crippen molar-refractivity contribution >= 4 is 7.82 Å². The first-order chi connectivity index (χ1) is 4.96. The van der Waals surface area contributed by atoms with Gasteiger partial charge in [0.25, 0.3) is 0 Å². The molecular weight excluding hydrogens is 135 g/mol. The minimum Gasteiger partial charge on any atom is -0.394 e. The molecule has 0 saturated heterocycles. The normalized spacial score (nSPS) is 22.9. The van der Waals surface area contributed by atoms with Crippen LogP contribution >= 0.6 is 7.82 Å². The van der Waals surface area contributed by atoms with Crippen molar-refractivity contribution in [3.8, 4) is 0 Å². The van der Waals surface area contributed by atoms with E-state index in [9.17, 15) is 4.57 Å². The van der Waals surface area contributed by atoms with Crippen LogP contribution in [0.25, 0.3) is 0 Å². The Morgan fingerprint density at radius 2 is 2.25 bits per heavy atom. The summed E-state index contributed by atoms with van der Waals surface area (Å²) < 4.78 is 39.3. The van der Waals surface area contributed by atoms with Crippen LogP contribution in [0.2, 0.25) is 0 Å². The molecule has 0 rings (SSSR count). The second-order valence-electron chi connectivity index (χ2n) is 0.796. The molecular formula is C2H7O5P. The molecule has 0 bridgehead atoms. The Hall–Kier alpha value is 0.0700. The van der Waals surface area contributed by atoms with Gasteiger partial charge in [-0.15, -0.1) is 0 Å². The number of rotatable bonds is 3. The highest BCUT2D eigenvalue weighted by atomic mass is 31.2. The molecule has 0 heterocycles. The molecule has 0 aliphatic heterocycles. The molecule has 0 atom stereocenters. The van der Waals surface area contributed by atoms with Gasteiger partial charge in [-0.2, -0.15) is 0 Å². The van der Waals surface area contributed by atoms with Gasteiger partial charge in [-0.3, -0.25) is 4.52 Å². The molecule has 8 heavy (non-hydrogen) atoms. The van der Waals surface area contributed by atoms with Crippen molar-refractivity contribution in [3.63, 3.8) is 0 Å². The lowest BCUT2D eigenvalue weighted by Crippen LogP contribution is -1.95. The summed E-state index contributed by atoms with van der Waals surface area (Å²) in [6, 6.07) is 0. The first kappa shape index (κ1) is 3.29. The lowest BCUT2D eigenvalue weighted by atomic mass is 10.8. The maximum Gasteiger partial charge on any atom is 0.469 e. The van der Waals surface area contributed by atoms with E-state index in [-0.39, 0.29) is 0 Å². The number of hydrogen-bond acceptors (Lipinski definition) is 3. The summed E-state index contributed by atoms with van der Waals surface area (Å²) in [7, 11) is -5.16. The maximum absolute atomic E-state index is 10.0. The quantitative estimate of drug-likeness (QED) is 0.448. The predicted octanol–water partition coefficient (Wildman–Crippen LogP) is -0.912. The zero-order chi connectivity index (χ0) is 10.2. The van der Waals surface area contributed by atoms with Crippen molar-refractivity contribution in [1.82, 2.24) is 0 Å². The van der Waals surface area contributed by atoms with Crippen LogP contribution in [0.1, 0.15) is 5.48 Å². The molecule has 50 valence electrons. The van der Waals surface area contributed by atoms with Gasteiger partial charge in [-0.1, -0.05) is 0 Å². The van der Waals surface area contributed by atoms with Crippen LogP contribution in [0.15, 0.2) is 0 Å².